The minimum absolute atomic E-state index is 0.774. The molecule has 3 aromatic heterocycles. The molecular weight excluding hydrogens is 234 g/mol. The molecule has 3 aromatic rings. The summed E-state index contributed by atoms with van der Waals surface area (Å²) >= 11 is 1.51. The summed E-state index contributed by atoms with van der Waals surface area (Å²) in [7, 11) is 1.99. The molecule has 0 fully saturated rings. The molecule has 0 amide bonds. The van der Waals surface area contributed by atoms with Gasteiger partial charge in [-0.05, 0) is 13.8 Å². The Bertz CT molecular complexity index is 683. The van der Waals surface area contributed by atoms with Gasteiger partial charge in [0.05, 0.1) is 17.6 Å². The highest BCUT2D eigenvalue weighted by Gasteiger charge is 2.14. The van der Waals surface area contributed by atoms with E-state index in [1.165, 1.54) is 11.3 Å². The fraction of sp³-hybridized carbons (Fsp3) is 0.273. The molecule has 2 N–H and O–H groups in total. The Morgan fingerprint density at radius 1 is 1.35 bits per heavy atom. The first-order chi connectivity index (χ1) is 8.08. The largest absolute Gasteiger partial charge is 0.389 e. The van der Waals surface area contributed by atoms with E-state index in [0.29, 0.717) is 0 Å². The minimum Gasteiger partial charge on any atom is -0.389 e. The van der Waals surface area contributed by atoms with Gasteiger partial charge in [0.1, 0.15) is 10.0 Å². The zero-order valence-electron chi connectivity index (χ0n) is 9.93. The zero-order valence-corrected chi connectivity index (χ0v) is 10.7. The SMILES string of the molecule is Cc1nc(-c2cn3c(C)cnc3n2C)sc1N. The lowest BCUT2D eigenvalue weighted by Crippen LogP contribution is -1.91. The van der Waals surface area contributed by atoms with Crippen LogP contribution in [-0.4, -0.2) is 18.9 Å². The molecule has 0 bridgehead atoms. The Balaban J connectivity index is 2.26. The number of hydrogen-bond donors (Lipinski definition) is 1. The van der Waals surface area contributed by atoms with E-state index in [9.17, 15) is 0 Å². The Kier molecular flexibility index (Phi) is 2.03. The predicted molar refractivity (Wildman–Crippen MR) is 69.2 cm³/mol. The van der Waals surface area contributed by atoms with Crippen LogP contribution in [0.1, 0.15) is 11.4 Å². The number of anilines is 1. The molecule has 6 heteroatoms. The van der Waals surface area contributed by atoms with Gasteiger partial charge >= 0.3 is 0 Å². The van der Waals surface area contributed by atoms with Crippen molar-refractivity contribution in [2.75, 3.05) is 5.73 Å². The van der Waals surface area contributed by atoms with E-state index in [4.69, 9.17) is 5.73 Å². The molecule has 88 valence electrons. The van der Waals surface area contributed by atoms with Crippen LogP contribution in [0.15, 0.2) is 12.4 Å². The average molecular weight is 247 g/mol. The van der Waals surface area contributed by atoms with Gasteiger partial charge in [-0.3, -0.25) is 4.40 Å². The van der Waals surface area contributed by atoms with Crippen LogP contribution in [0.5, 0.6) is 0 Å². The normalized spacial score (nSPS) is 11.5. The summed E-state index contributed by atoms with van der Waals surface area (Å²) in [6, 6.07) is 0. The van der Waals surface area contributed by atoms with Crippen molar-refractivity contribution in [3.8, 4) is 10.7 Å². The van der Waals surface area contributed by atoms with E-state index in [-0.39, 0.29) is 0 Å². The quantitative estimate of drug-likeness (QED) is 0.715. The van der Waals surface area contributed by atoms with Crippen molar-refractivity contribution in [1.82, 2.24) is 18.9 Å². The van der Waals surface area contributed by atoms with E-state index in [1.807, 2.05) is 31.7 Å². The van der Waals surface area contributed by atoms with E-state index in [1.54, 1.807) is 0 Å². The summed E-state index contributed by atoms with van der Waals surface area (Å²) in [5.41, 5.74) is 8.90. The van der Waals surface area contributed by atoms with Crippen LogP contribution < -0.4 is 5.73 Å². The third-order valence-electron chi connectivity index (χ3n) is 2.93. The number of aryl methyl sites for hydroxylation is 3. The van der Waals surface area contributed by atoms with Gasteiger partial charge in [-0.2, -0.15) is 0 Å². The number of fused-ring (bicyclic) bond motifs is 1. The van der Waals surface area contributed by atoms with E-state index < -0.39 is 0 Å². The highest BCUT2D eigenvalue weighted by atomic mass is 32.1. The second-order valence-corrected chi connectivity index (χ2v) is 5.14. The van der Waals surface area contributed by atoms with E-state index >= 15 is 0 Å². The topological polar surface area (TPSA) is 61.1 Å². The van der Waals surface area contributed by atoms with Gasteiger partial charge in [-0.15, -0.1) is 0 Å². The summed E-state index contributed by atoms with van der Waals surface area (Å²) in [6.45, 7) is 3.96. The second-order valence-electron chi connectivity index (χ2n) is 4.11. The van der Waals surface area contributed by atoms with Gasteiger partial charge in [0.15, 0.2) is 0 Å². The van der Waals surface area contributed by atoms with Gasteiger partial charge < -0.3 is 10.3 Å². The van der Waals surface area contributed by atoms with Crippen LogP contribution in [0.2, 0.25) is 0 Å². The summed E-state index contributed by atoms with van der Waals surface area (Å²) < 4.78 is 4.09. The van der Waals surface area contributed by atoms with Crippen LogP contribution in [-0.2, 0) is 7.05 Å². The van der Waals surface area contributed by atoms with Gasteiger partial charge in [-0.25, -0.2) is 9.97 Å². The number of imidazole rings is 2. The van der Waals surface area contributed by atoms with Crippen LogP contribution in [0.25, 0.3) is 16.5 Å². The molecule has 0 spiro atoms. The highest BCUT2D eigenvalue weighted by molar-refractivity contribution is 7.18. The molecule has 0 saturated carbocycles. The molecule has 3 heterocycles. The van der Waals surface area contributed by atoms with Crippen molar-refractivity contribution in [1.29, 1.82) is 0 Å². The van der Waals surface area contributed by atoms with Crippen molar-refractivity contribution in [3.63, 3.8) is 0 Å². The van der Waals surface area contributed by atoms with Crippen molar-refractivity contribution in [2.24, 2.45) is 7.05 Å². The molecule has 17 heavy (non-hydrogen) atoms. The van der Waals surface area contributed by atoms with Gasteiger partial charge in [-0.1, -0.05) is 11.3 Å². The molecular formula is C11H13N5S. The molecule has 0 aromatic carbocycles. The number of nitrogen functional groups attached to an aromatic ring is 1. The molecule has 0 aliphatic heterocycles. The van der Waals surface area contributed by atoms with Crippen molar-refractivity contribution in [2.45, 2.75) is 13.8 Å². The Morgan fingerprint density at radius 2 is 2.12 bits per heavy atom. The molecule has 0 atom stereocenters. The second kappa shape index (κ2) is 3.33. The van der Waals surface area contributed by atoms with E-state index in [2.05, 4.69) is 20.6 Å². The third kappa shape index (κ3) is 1.37. The smallest absolute Gasteiger partial charge is 0.214 e. The Hall–Kier alpha value is -1.82. The third-order valence-corrected chi connectivity index (χ3v) is 3.94. The molecule has 0 aliphatic rings. The lowest BCUT2D eigenvalue weighted by Gasteiger charge is -1.96. The van der Waals surface area contributed by atoms with Crippen molar-refractivity contribution < 1.29 is 0 Å². The van der Waals surface area contributed by atoms with Gasteiger partial charge in [0.2, 0.25) is 5.78 Å². The molecule has 0 unspecified atom stereocenters. The van der Waals surface area contributed by atoms with Gasteiger partial charge in [0, 0.05) is 18.9 Å². The summed E-state index contributed by atoms with van der Waals surface area (Å²) in [5.74, 6) is 0.920. The molecule has 0 radical (unpaired) electrons. The standard InChI is InChI=1S/C11H13N5S/c1-6-4-13-11-15(3)8(5-16(6)11)10-14-7(2)9(12)17-10/h4-5H,12H2,1-3H3. The summed E-state index contributed by atoms with van der Waals surface area (Å²) in [4.78, 5) is 8.84. The van der Waals surface area contributed by atoms with Crippen LogP contribution in [0.3, 0.4) is 0 Å². The lowest BCUT2D eigenvalue weighted by atomic mass is 10.4. The average Bonchev–Trinajstić information content (AvgIpc) is 2.89. The number of nitrogens with zero attached hydrogens (tertiary/aromatic N) is 4. The maximum Gasteiger partial charge on any atom is 0.214 e. The number of rotatable bonds is 1. The number of aromatic nitrogens is 4. The Morgan fingerprint density at radius 3 is 2.71 bits per heavy atom. The first-order valence-corrected chi connectivity index (χ1v) is 6.12. The maximum absolute atomic E-state index is 5.85. The monoisotopic (exact) mass is 247 g/mol. The summed E-state index contributed by atoms with van der Waals surface area (Å²) in [6.07, 6.45) is 3.91. The first-order valence-electron chi connectivity index (χ1n) is 5.30. The van der Waals surface area contributed by atoms with Crippen molar-refractivity contribution in [3.05, 3.63) is 23.8 Å². The first kappa shape index (κ1) is 10.3. The molecule has 3 rings (SSSR count). The minimum atomic E-state index is 0.774. The number of thiazole rings is 1. The van der Waals surface area contributed by atoms with Crippen LogP contribution >= 0.6 is 11.3 Å². The fourth-order valence-electron chi connectivity index (χ4n) is 1.87. The van der Waals surface area contributed by atoms with Crippen molar-refractivity contribution >= 4 is 22.1 Å². The number of hydrogen-bond acceptors (Lipinski definition) is 4. The van der Waals surface area contributed by atoms with Crippen LogP contribution in [0.4, 0.5) is 5.00 Å². The predicted octanol–water partition coefficient (Wildman–Crippen LogP) is 2.00. The molecule has 0 saturated heterocycles. The fourth-order valence-corrected chi connectivity index (χ4v) is 2.75. The van der Waals surface area contributed by atoms with Gasteiger partial charge in [0.25, 0.3) is 0 Å². The Labute approximate surface area is 103 Å². The van der Waals surface area contributed by atoms with Crippen LogP contribution in [0, 0.1) is 13.8 Å². The lowest BCUT2D eigenvalue weighted by molar-refractivity contribution is 0.940. The number of nitrogens with two attached hydrogens (primary N) is 1. The maximum atomic E-state index is 5.85. The van der Waals surface area contributed by atoms with E-state index in [0.717, 1.165) is 32.9 Å². The summed E-state index contributed by atoms with van der Waals surface area (Å²) in [5, 5.41) is 1.71. The highest BCUT2D eigenvalue weighted by Crippen LogP contribution is 2.30. The molecule has 0 aliphatic carbocycles. The zero-order chi connectivity index (χ0) is 12.2. The molecule has 5 nitrogen and oxygen atoms in total.